The lowest BCUT2D eigenvalue weighted by Gasteiger charge is -2.32. The molecule has 0 bridgehead atoms. The molecule has 4 aromatic rings. The Bertz CT molecular complexity index is 1650. The predicted octanol–water partition coefficient (Wildman–Crippen LogP) is 6.45. The first-order valence-corrected chi connectivity index (χ1v) is 15.7. The number of benzene rings is 4. The number of likely N-dealkylation sites (tertiary alicyclic amines) is 1. The molecule has 1 aliphatic carbocycles. The number of rotatable bonds is 7. The monoisotopic (exact) mass is 587 g/mol. The Hall–Kier alpha value is -3.72. The number of piperidine rings is 1. The van der Waals surface area contributed by atoms with Gasteiger partial charge in [0.2, 0.25) is 0 Å². The van der Waals surface area contributed by atoms with Gasteiger partial charge in [-0.15, -0.1) is 0 Å². The topological polar surface area (TPSA) is 93.1 Å². The second kappa shape index (κ2) is 13.1. The van der Waals surface area contributed by atoms with Crippen molar-refractivity contribution in [3.05, 3.63) is 102 Å². The molecule has 8 heteroatoms. The highest BCUT2D eigenvalue weighted by Crippen LogP contribution is 2.39. The van der Waals surface area contributed by atoms with Crippen molar-refractivity contribution >= 4 is 26.7 Å². The summed E-state index contributed by atoms with van der Waals surface area (Å²) >= 11 is 0. The van der Waals surface area contributed by atoms with Gasteiger partial charge in [-0.1, -0.05) is 60.7 Å². The molecule has 1 fully saturated rings. The van der Waals surface area contributed by atoms with E-state index in [2.05, 4.69) is 35.2 Å². The summed E-state index contributed by atoms with van der Waals surface area (Å²) in [5.74, 6) is 2.38. The molecule has 0 radical (unpaired) electrons. The molecule has 220 valence electrons. The van der Waals surface area contributed by atoms with Crippen LogP contribution >= 0.6 is 0 Å². The Morgan fingerprint density at radius 2 is 1.48 bits per heavy atom. The summed E-state index contributed by atoms with van der Waals surface area (Å²) in [6.07, 6.45) is 4.19. The summed E-state index contributed by atoms with van der Waals surface area (Å²) in [6, 6.07) is 26.4. The van der Waals surface area contributed by atoms with Crippen molar-refractivity contribution in [2.45, 2.75) is 37.1 Å². The maximum absolute atomic E-state index is 12.9. The SMILES string of the molecule is COc1cc2c(cc1OC)C(=O)C(CC1CCN(Cc3ccccc3)CC1)C2.O=S(=O)(O)c1ccc2ccccc2c1. The average molecular weight is 588 g/mol. The standard InChI is InChI=1S/C24H29NO3.C10H8O3S/c1-27-22-14-19-13-20(24(26)21(19)15-23(22)28-2)12-17-8-10-25(11-9-17)16-18-6-4-3-5-7-18;11-14(12,13)10-6-5-8-3-1-2-4-9(8)7-10/h3-7,14-15,17,20H,8-13,16H2,1-2H3;1-7H,(H,11,12,13). The second-order valence-corrected chi connectivity index (χ2v) is 12.5. The van der Waals surface area contributed by atoms with Crippen LogP contribution in [-0.4, -0.2) is 51.0 Å². The highest BCUT2D eigenvalue weighted by molar-refractivity contribution is 7.85. The molecular formula is C34H37NO6S. The van der Waals surface area contributed by atoms with Crippen LogP contribution in [0.2, 0.25) is 0 Å². The van der Waals surface area contributed by atoms with Gasteiger partial charge in [0.25, 0.3) is 10.1 Å². The van der Waals surface area contributed by atoms with Crippen LogP contribution in [0.1, 0.15) is 40.7 Å². The normalized spacial score (nSPS) is 17.4. The summed E-state index contributed by atoms with van der Waals surface area (Å²) in [5.41, 5.74) is 3.31. The predicted molar refractivity (Wildman–Crippen MR) is 164 cm³/mol. The van der Waals surface area contributed by atoms with Crippen LogP contribution in [0.15, 0.2) is 89.8 Å². The van der Waals surface area contributed by atoms with Gasteiger partial charge in [-0.25, -0.2) is 0 Å². The number of fused-ring (bicyclic) bond motifs is 2. The maximum Gasteiger partial charge on any atom is 0.294 e. The molecule has 4 aromatic carbocycles. The number of ether oxygens (including phenoxy) is 2. The van der Waals surface area contributed by atoms with Crippen LogP contribution in [0, 0.1) is 11.8 Å². The average Bonchev–Trinajstić information content (AvgIpc) is 3.31. The van der Waals surface area contributed by atoms with Crippen molar-refractivity contribution in [1.29, 1.82) is 0 Å². The summed E-state index contributed by atoms with van der Waals surface area (Å²) in [7, 11) is -0.838. The first-order chi connectivity index (χ1) is 20.2. The lowest BCUT2D eigenvalue weighted by molar-refractivity contribution is 0.0895. The Kier molecular flexibility index (Phi) is 9.26. The van der Waals surface area contributed by atoms with E-state index in [0.29, 0.717) is 17.4 Å². The zero-order chi connectivity index (χ0) is 29.7. The van der Waals surface area contributed by atoms with Crippen molar-refractivity contribution in [2.75, 3.05) is 27.3 Å². The van der Waals surface area contributed by atoms with Crippen LogP contribution in [0.3, 0.4) is 0 Å². The number of ketones is 1. The molecule has 1 N–H and O–H groups in total. The minimum atomic E-state index is -4.09. The van der Waals surface area contributed by atoms with Gasteiger partial charge >= 0.3 is 0 Å². The van der Waals surface area contributed by atoms with Crippen LogP contribution in [-0.2, 0) is 23.1 Å². The van der Waals surface area contributed by atoms with Gasteiger partial charge in [-0.05, 0) is 90.9 Å². The fourth-order valence-electron chi connectivity index (χ4n) is 6.04. The highest BCUT2D eigenvalue weighted by Gasteiger charge is 2.34. The summed E-state index contributed by atoms with van der Waals surface area (Å²) < 4.78 is 41.3. The zero-order valence-corrected chi connectivity index (χ0v) is 24.8. The molecule has 1 aliphatic heterocycles. The fourth-order valence-corrected chi connectivity index (χ4v) is 6.56. The first-order valence-electron chi connectivity index (χ1n) is 14.3. The summed E-state index contributed by atoms with van der Waals surface area (Å²) in [5, 5.41) is 1.74. The number of carbonyl (C=O) groups excluding carboxylic acids is 1. The molecule has 0 amide bonds. The molecule has 1 unspecified atom stereocenters. The molecule has 7 nitrogen and oxygen atoms in total. The van der Waals surface area contributed by atoms with Crippen LogP contribution in [0.4, 0.5) is 0 Å². The van der Waals surface area contributed by atoms with E-state index in [1.165, 1.54) is 30.5 Å². The third kappa shape index (κ3) is 7.01. The van der Waals surface area contributed by atoms with Gasteiger partial charge in [0, 0.05) is 18.0 Å². The van der Waals surface area contributed by atoms with Crippen LogP contribution < -0.4 is 9.47 Å². The number of methoxy groups -OCH3 is 2. The maximum atomic E-state index is 12.9. The largest absolute Gasteiger partial charge is 0.493 e. The molecule has 1 heterocycles. The van der Waals surface area contributed by atoms with E-state index in [4.69, 9.17) is 14.0 Å². The summed E-state index contributed by atoms with van der Waals surface area (Å²) in [6.45, 7) is 3.27. The number of hydrogen-bond donors (Lipinski definition) is 1. The Balaban J connectivity index is 0.000000211. The van der Waals surface area contributed by atoms with Crippen molar-refractivity contribution in [3.8, 4) is 11.5 Å². The van der Waals surface area contributed by atoms with E-state index >= 15 is 0 Å². The second-order valence-electron chi connectivity index (χ2n) is 11.1. The molecule has 2 aliphatic rings. The third-order valence-corrected chi connectivity index (χ3v) is 9.15. The van der Waals surface area contributed by atoms with Gasteiger partial charge in [-0.2, -0.15) is 8.42 Å². The Morgan fingerprint density at radius 1 is 0.833 bits per heavy atom. The molecule has 0 spiro atoms. The number of nitrogens with zero attached hydrogens (tertiary/aromatic N) is 1. The van der Waals surface area contributed by atoms with E-state index in [-0.39, 0.29) is 16.6 Å². The van der Waals surface area contributed by atoms with Crippen LogP contribution in [0.25, 0.3) is 10.8 Å². The molecule has 1 atom stereocenters. The minimum Gasteiger partial charge on any atom is -0.493 e. The van der Waals surface area contributed by atoms with Gasteiger partial charge in [0.1, 0.15) is 0 Å². The van der Waals surface area contributed by atoms with Crippen molar-refractivity contribution in [2.24, 2.45) is 11.8 Å². The lowest BCUT2D eigenvalue weighted by Crippen LogP contribution is -2.34. The summed E-state index contributed by atoms with van der Waals surface area (Å²) in [4.78, 5) is 15.4. The van der Waals surface area contributed by atoms with Gasteiger partial charge in [-0.3, -0.25) is 14.2 Å². The number of hydrogen-bond acceptors (Lipinski definition) is 6. The smallest absolute Gasteiger partial charge is 0.294 e. The Labute approximate surface area is 247 Å². The van der Waals surface area contributed by atoms with Crippen LogP contribution in [0.5, 0.6) is 11.5 Å². The van der Waals surface area contributed by atoms with Gasteiger partial charge in [0.05, 0.1) is 19.1 Å². The highest BCUT2D eigenvalue weighted by atomic mass is 32.2. The molecule has 42 heavy (non-hydrogen) atoms. The first kappa shape index (κ1) is 29.8. The fraction of sp³-hybridized carbons (Fsp3) is 0.324. The number of Topliss-reactive ketones (excluding diaryl/α,β-unsaturated/α-hetero) is 1. The zero-order valence-electron chi connectivity index (χ0n) is 24.0. The lowest BCUT2D eigenvalue weighted by atomic mass is 9.85. The van der Waals surface area contributed by atoms with Gasteiger partial charge < -0.3 is 9.47 Å². The van der Waals surface area contributed by atoms with E-state index < -0.39 is 10.1 Å². The molecule has 6 rings (SSSR count). The minimum absolute atomic E-state index is 0.0730. The van der Waals surface area contributed by atoms with E-state index in [1.54, 1.807) is 26.4 Å². The Morgan fingerprint density at radius 3 is 2.14 bits per heavy atom. The van der Waals surface area contributed by atoms with Crippen molar-refractivity contribution in [3.63, 3.8) is 0 Å². The molecule has 0 saturated carbocycles. The molecule has 1 saturated heterocycles. The third-order valence-electron chi connectivity index (χ3n) is 8.30. The molecule has 0 aromatic heterocycles. The quantitative estimate of drug-likeness (QED) is 0.249. The van der Waals surface area contributed by atoms with E-state index in [1.807, 2.05) is 30.3 Å². The van der Waals surface area contributed by atoms with Crippen molar-refractivity contribution in [1.82, 2.24) is 4.90 Å². The van der Waals surface area contributed by atoms with E-state index in [9.17, 15) is 13.2 Å². The van der Waals surface area contributed by atoms with Crippen molar-refractivity contribution < 1.29 is 27.2 Å². The van der Waals surface area contributed by atoms with Gasteiger partial charge in [0.15, 0.2) is 17.3 Å². The number of carbonyl (C=O) groups is 1. The molecular weight excluding hydrogens is 550 g/mol. The van der Waals surface area contributed by atoms with E-state index in [0.717, 1.165) is 54.4 Å².